The number of amides is 1. The lowest BCUT2D eigenvalue weighted by molar-refractivity contribution is -0.141. The molecule has 9 heteroatoms. The van der Waals surface area contributed by atoms with Gasteiger partial charge in [-0.2, -0.15) is 23.4 Å². The van der Waals surface area contributed by atoms with Gasteiger partial charge in [-0.15, -0.1) is 0 Å². The third-order valence-electron chi connectivity index (χ3n) is 3.82. The van der Waals surface area contributed by atoms with Gasteiger partial charge in [0.05, 0.1) is 23.5 Å². The molecule has 0 radical (unpaired) electrons. The number of aromatic nitrogens is 2. The monoisotopic (exact) mass is 340 g/mol. The number of carbonyl (C=O) groups is 1. The van der Waals surface area contributed by atoms with Gasteiger partial charge >= 0.3 is 6.18 Å². The summed E-state index contributed by atoms with van der Waals surface area (Å²) in [5.74, 6) is -0.428. The summed E-state index contributed by atoms with van der Waals surface area (Å²) in [7, 11) is 1.46. The molecule has 0 aliphatic carbocycles. The number of hydrogen-bond acceptors (Lipinski definition) is 4. The molecule has 0 spiro atoms. The SMILES string of the molecule is COCc1ccc(C2=NNC(=O)CC2C)c2cc(C(F)(F)F)nn12. The van der Waals surface area contributed by atoms with Crippen LogP contribution in [0.3, 0.4) is 0 Å². The predicted molar refractivity (Wildman–Crippen MR) is 79.4 cm³/mol. The normalized spacial score (nSPS) is 18.6. The third-order valence-corrected chi connectivity index (χ3v) is 3.82. The van der Waals surface area contributed by atoms with Crippen molar-refractivity contribution in [3.8, 4) is 0 Å². The summed E-state index contributed by atoms with van der Waals surface area (Å²) in [6.07, 6.45) is -4.33. The van der Waals surface area contributed by atoms with Crippen LogP contribution in [0.4, 0.5) is 13.2 Å². The second-order valence-electron chi connectivity index (χ2n) is 5.63. The third kappa shape index (κ3) is 2.86. The van der Waals surface area contributed by atoms with Crippen LogP contribution in [-0.4, -0.2) is 28.3 Å². The molecule has 2 aromatic heterocycles. The topological polar surface area (TPSA) is 68.0 Å². The Bertz CT molecular complexity index is 826. The van der Waals surface area contributed by atoms with Crippen molar-refractivity contribution in [2.24, 2.45) is 11.0 Å². The summed E-state index contributed by atoms with van der Waals surface area (Å²) in [6.45, 7) is 1.92. The molecular weight excluding hydrogens is 325 g/mol. The van der Waals surface area contributed by atoms with Crippen LogP contribution in [0.15, 0.2) is 23.3 Å². The molecule has 0 saturated heterocycles. The Hall–Kier alpha value is -2.42. The number of carbonyl (C=O) groups excluding carboxylic acids is 1. The van der Waals surface area contributed by atoms with Gasteiger partial charge in [-0.3, -0.25) is 4.79 Å². The van der Waals surface area contributed by atoms with Gasteiger partial charge in [-0.1, -0.05) is 6.92 Å². The number of nitrogens with zero attached hydrogens (tertiary/aromatic N) is 3. The number of halogens is 3. The first-order valence-corrected chi connectivity index (χ1v) is 7.26. The molecule has 24 heavy (non-hydrogen) atoms. The summed E-state index contributed by atoms with van der Waals surface area (Å²) >= 11 is 0. The van der Waals surface area contributed by atoms with Crippen molar-refractivity contribution in [1.82, 2.24) is 15.0 Å². The number of fused-ring (bicyclic) bond motifs is 1. The molecule has 6 nitrogen and oxygen atoms in total. The minimum atomic E-state index is -4.55. The van der Waals surface area contributed by atoms with Crippen LogP contribution >= 0.6 is 0 Å². The van der Waals surface area contributed by atoms with Crippen molar-refractivity contribution >= 4 is 17.1 Å². The van der Waals surface area contributed by atoms with E-state index in [2.05, 4.69) is 15.6 Å². The molecule has 1 aliphatic heterocycles. The van der Waals surface area contributed by atoms with E-state index < -0.39 is 11.9 Å². The highest BCUT2D eigenvalue weighted by atomic mass is 19.4. The Balaban J connectivity index is 2.20. The van der Waals surface area contributed by atoms with Crippen molar-refractivity contribution in [3.05, 3.63) is 35.2 Å². The second-order valence-corrected chi connectivity index (χ2v) is 5.63. The number of pyridine rings is 1. The van der Waals surface area contributed by atoms with Gasteiger partial charge in [0.25, 0.3) is 0 Å². The van der Waals surface area contributed by atoms with Crippen molar-refractivity contribution < 1.29 is 22.7 Å². The second kappa shape index (κ2) is 5.90. The molecule has 0 aromatic carbocycles. The van der Waals surface area contributed by atoms with E-state index in [1.807, 2.05) is 0 Å². The fourth-order valence-corrected chi connectivity index (χ4v) is 2.72. The summed E-state index contributed by atoms with van der Waals surface area (Å²) in [4.78, 5) is 11.4. The zero-order chi connectivity index (χ0) is 17.5. The molecule has 0 fully saturated rings. The minimum absolute atomic E-state index is 0.120. The van der Waals surface area contributed by atoms with Crippen LogP contribution < -0.4 is 5.43 Å². The van der Waals surface area contributed by atoms with Crippen molar-refractivity contribution in [2.75, 3.05) is 7.11 Å². The number of alkyl halides is 3. The molecule has 2 aromatic rings. The summed E-state index contributed by atoms with van der Waals surface area (Å²) in [6, 6.07) is 4.31. The van der Waals surface area contributed by atoms with Crippen LogP contribution in [0.25, 0.3) is 5.52 Å². The first-order valence-electron chi connectivity index (χ1n) is 7.26. The molecule has 0 bridgehead atoms. The molecule has 1 amide bonds. The van der Waals surface area contributed by atoms with Gasteiger partial charge in [-0.25, -0.2) is 9.94 Å². The van der Waals surface area contributed by atoms with E-state index in [0.717, 1.165) is 6.07 Å². The van der Waals surface area contributed by atoms with Crippen LogP contribution in [-0.2, 0) is 22.3 Å². The lowest BCUT2D eigenvalue weighted by Crippen LogP contribution is -2.32. The Kier molecular flexibility index (Phi) is 4.04. The average Bonchev–Trinajstić information content (AvgIpc) is 2.94. The van der Waals surface area contributed by atoms with E-state index >= 15 is 0 Å². The van der Waals surface area contributed by atoms with Crippen LogP contribution in [0.5, 0.6) is 0 Å². The van der Waals surface area contributed by atoms with E-state index in [4.69, 9.17) is 4.74 Å². The van der Waals surface area contributed by atoms with Crippen molar-refractivity contribution in [2.45, 2.75) is 26.1 Å². The van der Waals surface area contributed by atoms with Gasteiger partial charge in [-0.05, 0) is 18.2 Å². The summed E-state index contributed by atoms with van der Waals surface area (Å²) < 4.78 is 45.4. The fourth-order valence-electron chi connectivity index (χ4n) is 2.72. The van der Waals surface area contributed by atoms with Gasteiger partial charge in [0, 0.05) is 25.0 Å². The van der Waals surface area contributed by atoms with Crippen LogP contribution in [0, 0.1) is 5.92 Å². The Morgan fingerprint density at radius 1 is 1.42 bits per heavy atom. The largest absolute Gasteiger partial charge is 0.435 e. The maximum atomic E-state index is 13.1. The molecule has 3 rings (SSSR count). The van der Waals surface area contributed by atoms with Crippen molar-refractivity contribution in [3.63, 3.8) is 0 Å². The van der Waals surface area contributed by atoms with E-state index in [-0.39, 0.29) is 30.4 Å². The van der Waals surface area contributed by atoms with E-state index in [1.54, 1.807) is 19.1 Å². The quantitative estimate of drug-likeness (QED) is 0.933. The highest BCUT2D eigenvalue weighted by Gasteiger charge is 2.35. The minimum Gasteiger partial charge on any atom is -0.378 e. The van der Waals surface area contributed by atoms with Crippen molar-refractivity contribution in [1.29, 1.82) is 0 Å². The molecular formula is C15H15F3N4O2. The van der Waals surface area contributed by atoms with Gasteiger partial charge in [0.1, 0.15) is 0 Å². The van der Waals surface area contributed by atoms with E-state index in [0.29, 0.717) is 17.0 Å². The fraction of sp³-hybridized carbons (Fsp3) is 0.400. The number of methoxy groups -OCH3 is 1. The van der Waals surface area contributed by atoms with Gasteiger partial charge < -0.3 is 4.74 Å². The highest BCUT2D eigenvalue weighted by molar-refractivity contribution is 6.10. The maximum absolute atomic E-state index is 13.1. The Morgan fingerprint density at radius 2 is 2.17 bits per heavy atom. The molecule has 0 saturated carbocycles. The number of ether oxygens (including phenoxy) is 1. The number of hydrazone groups is 1. The lowest BCUT2D eigenvalue weighted by atomic mass is 9.93. The highest BCUT2D eigenvalue weighted by Crippen LogP contribution is 2.31. The first kappa shape index (κ1) is 16.4. The molecule has 1 aliphatic rings. The van der Waals surface area contributed by atoms with E-state index in [1.165, 1.54) is 11.6 Å². The molecule has 1 unspecified atom stereocenters. The predicted octanol–water partition coefficient (Wildman–Crippen LogP) is 2.36. The maximum Gasteiger partial charge on any atom is 0.435 e. The number of hydrogen-bond donors (Lipinski definition) is 1. The smallest absolute Gasteiger partial charge is 0.378 e. The zero-order valence-corrected chi connectivity index (χ0v) is 13.0. The standard InChI is InChI=1S/C15H15F3N4O2/c1-8-5-13(23)19-20-14(8)10-4-3-9(7-24-2)22-11(10)6-12(21-22)15(16,17)18/h3-4,6,8H,5,7H2,1-2H3,(H,19,23). The number of rotatable bonds is 3. The summed E-state index contributed by atoms with van der Waals surface area (Å²) in [5, 5.41) is 7.69. The Labute approximate surface area is 135 Å². The first-order chi connectivity index (χ1) is 11.3. The molecule has 1 atom stereocenters. The van der Waals surface area contributed by atoms with E-state index in [9.17, 15) is 18.0 Å². The molecule has 1 N–H and O–H groups in total. The molecule has 128 valence electrons. The summed E-state index contributed by atoms with van der Waals surface area (Å²) in [5.41, 5.74) is 3.18. The lowest BCUT2D eigenvalue weighted by Gasteiger charge is -2.20. The zero-order valence-electron chi connectivity index (χ0n) is 13.0. The van der Waals surface area contributed by atoms with Gasteiger partial charge in [0.2, 0.25) is 5.91 Å². The van der Waals surface area contributed by atoms with Crippen LogP contribution in [0.2, 0.25) is 0 Å². The molecule has 3 heterocycles. The van der Waals surface area contributed by atoms with Crippen LogP contribution in [0.1, 0.15) is 30.3 Å². The average molecular weight is 340 g/mol. The van der Waals surface area contributed by atoms with Gasteiger partial charge in [0.15, 0.2) is 5.69 Å². The Morgan fingerprint density at radius 3 is 2.79 bits per heavy atom. The number of nitrogens with one attached hydrogen (secondary N) is 1.